The molecule has 19 heavy (non-hydrogen) atoms. The van der Waals surface area contributed by atoms with Crippen LogP contribution < -0.4 is 5.73 Å². The van der Waals surface area contributed by atoms with E-state index in [1.807, 2.05) is 12.1 Å². The summed E-state index contributed by atoms with van der Waals surface area (Å²) in [6.45, 7) is 7.46. The van der Waals surface area contributed by atoms with Crippen LogP contribution in [0.3, 0.4) is 0 Å². The van der Waals surface area contributed by atoms with Crippen molar-refractivity contribution < 1.29 is 4.74 Å². The highest BCUT2D eigenvalue weighted by Crippen LogP contribution is 2.26. The van der Waals surface area contributed by atoms with Crippen molar-refractivity contribution in [2.45, 2.75) is 38.1 Å². The minimum absolute atomic E-state index is 0.140. The molecule has 0 aliphatic carbocycles. The third-order valence-electron chi connectivity index (χ3n) is 4.15. The minimum atomic E-state index is 0.140. The van der Waals surface area contributed by atoms with E-state index < -0.39 is 0 Å². The lowest BCUT2D eigenvalue weighted by Gasteiger charge is -2.37. The molecule has 0 bridgehead atoms. The number of nitrogens with zero attached hydrogens (tertiary/aromatic N) is 1. The van der Waals surface area contributed by atoms with E-state index in [0.717, 1.165) is 38.3 Å². The van der Waals surface area contributed by atoms with E-state index in [-0.39, 0.29) is 5.41 Å². The fourth-order valence-electron chi connectivity index (χ4n) is 2.90. The molecule has 3 heteroatoms. The zero-order valence-corrected chi connectivity index (χ0v) is 12.4. The molecule has 2 N–H and O–H groups in total. The van der Waals surface area contributed by atoms with Crippen molar-refractivity contribution in [1.29, 1.82) is 0 Å². The summed E-state index contributed by atoms with van der Waals surface area (Å²) in [6, 6.07) is 8.93. The molecule has 1 aromatic carbocycles. The lowest BCUT2D eigenvalue weighted by atomic mass is 9.83. The highest BCUT2D eigenvalue weighted by Gasteiger charge is 2.26. The summed E-state index contributed by atoms with van der Waals surface area (Å²) in [5.41, 5.74) is 8.08. The first-order chi connectivity index (χ1) is 8.99. The van der Waals surface area contributed by atoms with Crippen LogP contribution >= 0.6 is 0 Å². The van der Waals surface area contributed by atoms with Gasteiger partial charge >= 0.3 is 0 Å². The van der Waals surface area contributed by atoms with Crippen LogP contribution in [-0.4, -0.2) is 37.7 Å². The number of ether oxygens (including phenoxy) is 1. The molecule has 0 atom stereocenters. The quantitative estimate of drug-likeness (QED) is 0.848. The number of hydrogen-bond acceptors (Lipinski definition) is 3. The summed E-state index contributed by atoms with van der Waals surface area (Å²) in [4.78, 5) is 2.48. The molecular formula is C16H26N2O. The largest absolute Gasteiger partial charge is 0.399 e. The summed E-state index contributed by atoms with van der Waals surface area (Å²) in [6.07, 6.45) is 2.29. The molecule has 1 aliphatic rings. The van der Waals surface area contributed by atoms with Crippen LogP contribution in [0.2, 0.25) is 0 Å². The predicted octanol–water partition coefficient (Wildman–Crippen LogP) is 2.66. The maximum Gasteiger partial charge on any atom is 0.0480 e. The topological polar surface area (TPSA) is 38.5 Å². The van der Waals surface area contributed by atoms with Crippen LogP contribution in [0.4, 0.5) is 5.69 Å². The van der Waals surface area contributed by atoms with E-state index in [1.165, 1.54) is 5.56 Å². The standard InChI is InChI=1S/C16H26N2O/c1-16(2,13-4-6-14(17)7-5-13)12-18(3)15-8-10-19-11-9-15/h4-7,15H,8-12,17H2,1-3H3. The van der Waals surface area contributed by atoms with Crippen LogP contribution in [0.25, 0.3) is 0 Å². The van der Waals surface area contributed by atoms with Gasteiger partial charge in [-0.1, -0.05) is 26.0 Å². The molecule has 0 aromatic heterocycles. The molecule has 2 rings (SSSR count). The van der Waals surface area contributed by atoms with Crippen molar-refractivity contribution in [2.24, 2.45) is 0 Å². The van der Waals surface area contributed by atoms with Gasteiger partial charge in [0.05, 0.1) is 0 Å². The second-order valence-electron chi connectivity index (χ2n) is 6.26. The third kappa shape index (κ3) is 3.71. The maximum absolute atomic E-state index is 5.76. The van der Waals surface area contributed by atoms with Gasteiger partial charge in [-0.3, -0.25) is 0 Å². The van der Waals surface area contributed by atoms with Crippen LogP contribution in [0.15, 0.2) is 24.3 Å². The van der Waals surface area contributed by atoms with E-state index in [1.54, 1.807) is 0 Å². The lowest BCUT2D eigenvalue weighted by Crippen LogP contribution is -2.43. The number of anilines is 1. The Labute approximate surface area is 116 Å². The van der Waals surface area contributed by atoms with Crippen molar-refractivity contribution >= 4 is 5.69 Å². The Bertz CT molecular complexity index is 394. The van der Waals surface area contributed by atoms with Crippen LogP contribution in [0.5, 0.6) is 0 Å². The molecular weight excluding hydrogens is 236 g/mol. The SMILES string of the molecule is CN(CC(C)(C)c1ccc(N)cc1)C1CCOCC1. The van der Waals surface area contributed by atoms with Gasteiger partial charge in [-0.25, -0.2) is 0 Å². The molecule has 1 aliphatic heterocycles. The van der Waals surface area contributed by atoms with Crippen molar-refractivity contribution in [3.05, 3.63) is 29.8 Å². The molecule has 106 valence electrons. The first kappa shape index (κ1) is 14.4. The molecule has 1 fully saturated rings. The molecule has 1 aromatic rings. The number of rotatable bonds is 4. The number of benzene rings is 1. The summed E-state index contributed by atoms with van der Waals surface area (Å²) >= 11 is 0. The van der Waals surface area contributed by atoms with Gasteiger partial charge in [0, 0.05) is 36.9 Å². The summed E-state index contributed by atoms with van der Waals surface area (Å²) in [5, 5.41) is 0. The maximum atomic E-state index is 5.76. The van der Waals surface area contributed by atoms with Crippen LogP contribution in [-0.2, 0) is 10.2 Å². The average Bonchev–Trinajstić information content (AvgIpc) is 2.40. The van der Waals surface area contributed by atoms with Gasteiger partial charge in [-0.05, 0) is 37.6 Å². The fraction of sp³-hybridized carbons (Fsp3) is 0.625. The normalized spacial score (nSPS) is 17.9. The number of likely N-dealkylation sites (N-methyl/N-ethyl adjacent to an activating group) is 1. The van der Waals surface area contributed by atoms with Crippen molar-refractivity contribution in [3.8, 4) is 0 Å². The van der Waals surface area contributed by atoms with Gasteiger partial charge in [-0.15, -0.1) is 0 Å². The molecule has 1 heterocycles. The molecule has 0 saturated carbocycles. The van der Waals surface area contributed by atoms with Gasteiger partial charge < -0.3 is 15.4 Å². The first-order valence-electron chi connectivity index (χ1n) is 7.13. The zero-order valence-electron chi connectivity index (χ0n) is 12.4. The van der Waals surface area contributed by atoms with Crippen LogP contribution in [0.1, 0.15) is 32.3 Å². The van der Waals surface area contributed by atoms with E-state index >= 15 is 0 Å². The van der Waals surface area contributed by atoms with Crippen LogP contribution in [0, 0.1) is 0 Å². The van der Waals surface area contributed by atoms with E-state index in [2.05, 4.69) is 37.9 Å². The molecule has 0 unspecified atom stereocenters. The molecule has 0 radical (unpaired) electrons. The second-order valence-corrected chi connectivity index (χ2v) is 6.26. The van der Waals surface area contributed by atoms with Gasteiger partial charge in [0.15, 0.2) is 0 Å². The highest BCUT2D eigenvalue weighted by molar-refractivity contribution is 5.41. The fourth-order valence-corrected chi connectivity index (χ4v) is 2.90. The lowest BCUT2D eigenvalue weighted by molar-refractivity contribution is 0.0374. The number of nitrogen functional groups attached to an aromatic ring is 1. The third-order valence-corrected chi connectivity index (χ3v) is 4.15. The van der Waals surface area contributed by atoms with Crippen molar-refractivity contribution in [3.63, 3.8) is 0 Å². The Kier molecular flexibility index (Phi) is 4.48. The molecule has 0 amide bonds. The van der Waals surface area contributed by atoms with Gasteiger partial charge in [0.2, 0.25) is 0 Å². The zero-order chi connectivity index (χ0) is 13.9. The molecule has 1 saturated heterocycles. The Balaban J connectivity index is 2.01. The van der Waals surface area contributed by atoms with Crippen molar-refractivity contribution in [1.82, 2.24) is 4.90 Å². The Hall–Kier alpha value is -1.06. The Morgan fingerprint density at radius 2 is 1.79 bits per heavy atom. The Morgan fingerprint density at radius 3 is 2.37 bits per heavy atom. The van der Waals surface area contributed by atoms with Gasteiger partial charge in [0.25, 0.3) is 0 Å². The molecule has 0 spiro atoms. The second kappa shape index (κ2) is 5.93. The number of hydrogen-bond donors (Lipinski definition) is 1. The van der Waals surface area contributed by atoms with Crippen molar-refractivity contribution in [2.75, 3.05) is 32.5 Å². The van der Waals surface area contributed by atoms with Gasteiger partial charge in [0.1, 0.15) is 0 Å². The summed E-state index contributed by atoms with van der Waals surface area (Å²) < 4.78 is 5.44. The highest BCUT2D eigenvalue weighted by atomic mass is 16.5. The smallest absolute Gasteiger partial charge is 0.0480 e. The predicted molar refractivity (Wildman–Crippen MR) is 80.4 cm³/mol. The Morgan fingerprint density at radius 1 is 1.21 bits per heavy atom. The molecule has 3 nitrogen and oxygen atoms in total. The monoisotopic (exact) mass is 262 g/mol. The number of nitrogens with two attached hydrogens (primary N) is 1. The first-order valence-corrected chi connectivity index (χ1v) is 7.13. The minimum Gasteiger partial charge on any atom is -0.399 e. The summed E-state index contributed by atoms with van der Waals surface area (Å²) in [5.74, 6) is 0. The van der Waals surface area contributed by atoms with E-state index in [4.69, 9.17) is 10.5 Å². The van der Waals surface area contributed by atoms with Gasteiger partial charge in [-0.2, -0.15) is 0 Å². The van der Waals surface area contributed by atoms with E-state index in [9.17, 15) is 0 Å². The summed E-state index contributed by atoms with van der Waals surface area (Å²) in [7, 11) is 2.23. The van der Waals surface area contributed by atoms with E-state index in [0.29, 0.717) is 6.04 Å². The average molecular weight is 262 g/mol.